The molecule has 1 aliphatic carbocycles. The maximum atomic E-state index is 12.3. The van der Waals surface area contributed by atoms with E-state index in [2.05, 4.69) is 0 Å². The molecule has 4 heteroatoms. The van der Waals surface area contributed by atoms with E-state index in [0.29, 0.717) is 18.9 Å². The molecular formula is C14H24O4. The van der Waals surface area contributed by atoms with E-state index in [1.165, 1.54) is 6.92 Å². The van der Waals surface area contributed by atoms with Gasteiger partial charge >= 0.3 is 11.9 Å². The Bertz CT molecular complexity index is 311. The topological polar surface area (TPSA) is 52.6 Å². The van der Waals surface area contributed by atoms with Crippen molar-refractivity contribution in [2.45, 2.75) is 59.5 Å². The van der Waals surface area contributed by atoms with E-state index in [-0.39, 0.29) is 18.0 Å². The van der Waals surface area contributed by atoms with Crippen LogP contribution in [0.15, 0.2) is 0 Å². The second kappa shape index (κ2) is 6.21. The molecule has 1 fully saturated rings. The summed E-state index contributed by atoms with van der Waals surface area (Å²) >= 11 is 0. The summed E-state index contributed by atoms with van der Waals surface area (Å²) in [6, 6.07) is 0. The average Bonchev–Trinajstić information content (AvgIpc) is 2.69. The van der Waals surface area contributed by atoms with Crippen molar-refractivity contribution in [3.05, 3.63) is 0 Å². The zero-order chi connectivity index (χ0) is 13.8. The molecule has 0 aliphatic heterocycles. The summed E-state index contributed by atoms with van der Waals surface area (Å²) in [5.74, 6) is -0.213. The van der Waals surface area contributed by atoms with E-state index < -0.39 is 5.41 Å². The minimum Gasteiger partial charge on any atom is -0.465 e. The van der Waals surface area contributed by atoms with Gasteiger partial charge in [-0.15, -0.1) is 0 Å². The molecule has 2 unspecified atom stereocenters. The summed E-state index contributed by atoms with van der Waals surface area (Å²) < 4.78 is 10.7. The van der Waals surface area contributed by atoms with Crippen molar-refractivity contribution >= 4 is 11.9 Å². The van der Waals surface area contributed by atoms with Crippen LogP contribution in [0.2, 0.25) is 0 Å². The Labute approximate surface area is 109 Å². The molecule has 0 bridgehead atoms. The fraction of sp³-hybridized carbons (Fsp3) is 0.857. The van der Waals surface area contributed by atoms with E-state index >= 15 is 0 Å². The highest BCUT2D eigenvalue weighted by molar-refractivity contribution is 5.79. The molecule has 0 radical (unpaired) electrons. The van der Waals surface area contributed by atoms with Gasteiger partial charge in [0.2, 0.25) is 0 Å². The molecule has 0 aromatic heterocycles. The monoisotopic (exact) mass is 256 g/mol. The lowest BCUT2D eigenvalue weighted by Crippen LogP contribution is -2.41. The summed E-state index contributed by atoms with van der Waals surface area (Å²) in [7, 11) is 0. The number of rotatable bonds is 5. The van der Waals surface area contributed by atoms with Crippen molar-refractivity contribution in [1.29, 1.82) is 0 Å². The fourth-order valence-corrected chi connectivity index (χ4v) is 2.58. The Morgan fingerprint density at radius 3 is 2.56 bits per heavy atom. The first kappa shape index (κ1) is 15.0. The highest BCUT2D eigenvalue weighted by atomic mass is 16.6. The van der Waals surface area contributed by atoms with Gasteiger partial charge < -0.3 is 9.47 Å². The van der Waals surface area contributed by atoms with Crippen molar-refractivity contribution in [2.75, 3.05) is 6.61 Å². The van der Waals surface area contributed by atoms with Crippen molar-refractivity contribution < 1.29 is 19.1 Å². The van der Waals surface area contributed by atoms with Crippen LogP contribution in [0.5, 0.6) is 0 Å². The molecule has 0 aromatic carbocycles. The smallest absolute Gasteiger partial charge is 0.315 e. The van der Waals surface area contributed by atoms with Crippen molar-refractivity contribution in [1.82, 2.24) is 0 Å². The van der Waals surface area contributed by atoms with Gasteiger partial charge in [-0.25, -0.2) is 0 Å². The Morgan fingerprint density at radius 1 is 1.39 bits per heavy atom. The Kier molecular flexibility index (Phi) is 5.17. The van der Waals surface area contributed by atoms with Gasteiger partial charge in [0.1, 0.15) is 11.5 Å². The van der Waals surface area contributed by atoms with E-state index in [4.69, 9.17) is 9.47 Å². The van der Waals surface area contributed by atoms with Gasteiger partial charge in [-0.3, -0.25) is 9.59 Å². The van der Waals surface area contributed by atoms with Gasteiger partial charge in [0.05, 0.1) is 6.61 Å². The minimum absolute atomic E-state index is 0.206. The predicted molar refractivity (Wildman–Crippen MR) is 67.9 cm³/mol. The van der Waals surface area contributed by atoms with Crippen LogP contribution in [0.25, 0.3) is 0 Å². The maximum Gasteiger partial charge on any atom is 0.315 e. The molecule has 1 rings (SSSR count). The second-order valence-electron chi connectivity index (χ2n) is 5.49. The summed E-state index contributed by atoms with van der Waals surface area (Å²) in [4.78, 5) is 23.4. The SMILES string of the molecule is CCC1(C(=O)OCC(C)C)CCCC1OC(C)=O. The third-order valence-electron chi connectivity index (χ3n) is 3.60. The fourth-order valence-electron chi connectivity index (χ4n) is 2.58. The molecule has 18 heavy (non-hydrogen) atoms. The van der Waals surface area contributed by atoms with E-state index in [1.807, 2.05) is 20.8 Å². The highest BCUT2D eigenvalue weighted by Crippen LogP contribution is 2.44. The number of hydrogen-bond donors (Lipinski definition) is 0. The molecular weight excluding hydrogens is 232 g/mol. The van der Waals surface area contributed by atoms with E-state index in [9.17, 15) is 9.59 Å². The minimum atomic E-state index is -0.624. The second-order valence-corrected chi connectivity index (χ2v) is 5.49. The molecule has 1 saturated carbocycles. The van der Waals surface area contributed by atoms with Gasteiger partial charge in [0.25, 0.3) is 0 Å². The number of ether oxygens (including phenoxy) is 2. The van der Waals surface area contributed by atoms with Gasteiger partial charge in [-0.1, -0.05) is 20.8 Å². The van der Waals surface area contributed by atoms with Crippen LogP contribution < -0.4 is 0 Å². The molecule has 2 atom stereocenters. The molecule has 4 nitrogen and oxygen atoms in total. The number of hydrogen-bond acceptors (Lipinski definition) is 4. The van der Waals surface area contributed by atoms with E-state index in [1.54, 1.807) is 0 Å². The van der Waals surface area contributed by atoms with E-state index in [0.717, 1.165) is 19.3 Å². The molecule has 104 valence electrons. The van der Waals surface area contributed by atoms with Crippen LogP contribution in [0, 0.1) is 11.3 Å². The third-order valence-corrected chi connectivity index (χ3v) is 3.60. The Hall–Kier alpha value is -1.06. The van der Waals surface area contributed by atoms with Crippen LogP contribution in [0.1, 0.15) is 53.4 Å². The van der Waals surface area contributed by atoms with Crippen LogP contribution >= 0.6 is 0 Å². The number of esters is 2. The third kappa shape index (κ3) is 3.24. The lowest BCUT2D eigenvalue weighted by atomic mass is 9.81. The molecule has 0 N–H and O–H groups in total. The molecule has 0 saturated heterocycles. The molecule has 0 amide bonds. The highest BCUT2D eigenvalue weighted by Gasteiger charge is 2.50. The van der Waals surface area contributed by atoms with Crippen LogP contribution in [0.4, 0.5) is 0 Å². The summed E-state index contributed by atoms with van der Waals surface area (Å²) in [6.07, 6.45) is 2.74. The van der Waals surface area contributed by atoms with Gasteiger partial charge in [0.15, 0.2) is 0 Å². The van der Waals surface area contributed by atoms with Gasteiger partial charge in [-0.05, 0) is 31.6 Å². The molecule has 0 spiro atoms. The standard InChI is InChI=1S/C14H24O4/c1-5-14(13(16)17-9-10(2)3)8-6-7-12(14)18-11(4)15/h10,12H,5-9H2,1-4H3. The quantitative estimate of drug-likeness (QED) is 0.710. The largest absolute Gasteiger partial charge is 0.465 e. The molecule has 1 aliphatic rings. The lowest BCUT2D eigenvalue weighted by Gasteiger charge is -2.31. The summed E-state index contributed by atoms with van der Waals surface area (Å²) in [6.45, 7) is 7.78. The Morgan fingerprint density at radius 2 is 2.06 bits per heavy atom. The number of carbonyl (C=O) groups is 2. The normalized spacial score (nSPS) is 27.3. The summed E-state index contributed by atoms with van der Waals surface area (Å²) in [5.41, 5.74) is -0.624. The average molecular weight is 256 g/mol. The number of carbonyl (C=O) groups excluding carboxylic acids is 2. The van der Waals surface area contributed by atoms with Crippen molar-refractivity contribution in [3.8, 4) is 0 Å². The summed E-state index contributed by atoms with van der Waals surface area (Å²) in [5, 5.41) is 0. The molecule has 0 aromatic rings. The first-order chi connectivity index (χ1) is 8.42. The van der Waals surface area contributed by atoms with Crippen LogP contribution in [0.3, 0.4) is 0 Å². The van der Waals surface area contributed by atoms with Crippen molar-refractivity contribution in [3.63, 3.8) is 0 Å². The van der Waals surface area contributed by atoms with Crippen LogP contribution in [-0.2, 0) is 19.1 Å². The van der Waals surface area contributed by atoms with Crippen molar-refractivity contribution in [2.24, 2.45) is 11.3 Å². The molecule has 0 heterocycles. The zero-order valence-electron chi connectivity index (χ0n) is 11.8. The van der Waals surface area contributed by atoms with Crippen LogP contribution in [-0.4, -0.2) is 24.6 Å². The first-order valence-corrected chi connectivity index (χ1v) is 6.76. The first-order valence-electron chi connectivity index (χ1n) is 6.76. The van der Waals surface area contributed by atoms with Gasteiger partial charge in [-0.2, -0.15) is 0 Å². The predicted octanol–water partition coefficient (Wildman–Crippen LogP) is 2.70. The zero-order valence-corrected chi connectivity index (χ0v) is 11.8. The lowest BCUT2D eigenvalue weighted by molar-refractivity contribution is -0.170. The maximum absolute atomic E-state index is 12.3. The Balaban J connectivity index is 2.76. The van der Waals surface area contributed by atoms with Gasteiger partial charge in [0, 0.05) is 6.92 Å².